The van der Waals surface area contributed by atoms with Crippen molar-refractivity contribution in [3.8, 4) is 0 Å². The van der Waals surface area contributed by atoms with Gasteiger partial charge in [-0.05, 0) is 0 Å². The molecule has 0 heterocycles. The van der Waals surface area contributed by atoms with Gasteiger partial charge in [-0.1, -0.05) is 6.92 Å². The fourth-order valence-corrected chi connectivity index (χ4v) is 0.722. The zero-order valence-electron chi connectivity index (χ0n) is 5.23. The maximum Gasteiger partial charge on any atom is 0.0897 e. The fraction of sp³-hybridized carbons (Fsp3) is 1.00. The molecule has 0 amide bonds. The third kappa shape index (κ3) is 3.35. The zero-order chi connectivity index (χ0) is 7.44. The number of thiol groups is 2. The molecule has 0 aliphatic heterocycles. The van der Waals surface area contributed by atoms with Crippen LogP contribution in [-0.4, -0.2) is 33.4 Å². The van der Waals surface area contributed by atoms with Crippen molar-refractivity contribution in [2.75, 3.05) is 6.61 Å². The number of hydrogen-bond acceptors (Lipinski definition) is 4. The third-order valence-electron chi connectivity index (χ3n) is 1.08. The molecule has 0 spiro atoms. The predicted octanol–water partition coefficient (Wildman–Crippen LogP) is -0.0437. The normalized spacial score (nSPS) is 21.0. The van der Waals surface area contributed by atoms with E-state index in [9.17, 15) is 0 Å². The third-order valence-corrected chi connectivity index (χ3v) is 2.42. The largest absolute Gasteiger partial charge is 0.394 e. The van der Waals surface area contributed by atoms with Crippen molar-refractivity contribution < 1.29 is 10.2 Å². The lowest BCUT2D eigenvalue weighted by Crippen LogP contribution is -2.30. The second-order valence-electron chi connectivity index (χ2n) is 1.98. The second kappa shape index (κ2) is 4.44. The summed E-state index contributed by atoms with van der Waals surface area (Å²) in [5.74, 6) is 0. The molecule has 0 radical (unpaired) electrons. The Morgan fingerprint density at radius 2 is 1.89 bits per heavy atom. The van der Waals surface area contributed by atoms with E-state index in [0.29, 0.717) is 0 Å². The quantitative estimate of drug-likeness (QED) is 0.447. The Labute approximate surface area is 66.1 Å². The molecule has 0 aliphatic rings. The predicted molar refractivity (Wildman–Crippen MR) is 44.3 cm³/mol. The Kier molecular flexibility index (Phi) is 4.74. The van der Waals surface area contributed by atoms with Gasteiger partial charge in [-0.3, -0.25) is 0 Å². The van der Waals surface area contributed by atoms with E-state index in [1.165, 1.54) is 0 Å². The molecule has 2 N–H and O–H groups in total. The van der Waals surface area contributed by atoms with E-state index in [1.54, 1.807) is 0 Å². The van der Waals surface area contributed by atoms with Crippen LogP contribution < -0.4 is 0 Å². The van der Waals surface area contributed by atoms with Gasteiger partial charge in [0.05, 0.1) is 12.7 Å². The first-order valence-electron chi connectivity index (χ1n) is 2.74. The van der Waals surface area contributed by atoms with Gasteiger partial charge in [0.25, 0.3) is 0 Å². The van der Waals surface area contributed by atoms with Gasteiger partial charge in [0.2, 0.25) is 0 Å². The molecule has 2 nitrogen and oxygen atoms in total. The maximum atomic E-state index is 8.92. The van der Waals surface area contributed by atoms with Crippen molar-refractivity contribution in [3.05, 3.63) is 0 Å². The van der Waals surface area contributed by atoms with E-state index in [4.69, 9.17) is 10.2 Å². The van der Waals surface area contributed by atoms with Crippen LogP contribution in [0.1, 0.15) is 6.92 Å². The summed E-state index contributed by atoms with van der Waals surface area (Å²) in [7, 11) is 0. The fourth-order valence-electron chi connectivity index (χ4n) is 0.429. The van der Waals surface area contributed by atoms with E-state index in [1.807, 2.05) is 6.92 Å². The van der Waals surface area contributed by atoms with Crippen molar-refractivity contribution in [2.24, 2.45) is 0 Å². The SMILES string of the molecule is CC(S)[C@@H](S)[C@H](O)CO. The van der Waals surface area contributed by atoms with E-state index < -0.39 is 6.10 Å². The monoisotopic (exact) mass is 168 g/mol. The molecule has 3 atom stereocenters. The van der Waals surface area contributed by atoms with Crippen LogP contribution in [0.3, 0.4) is 0 Å². The highest BCUT2D eigenvalue weighted by Crippen LogP contribution is 2.11. The highest BCUT2D eigenvalue weighted by atomic mass is 32.1. The lowest BCUT2D eigenvalue weighted by atomic mass is 10.2. The summed E-state index contributed by atoms with van der Waals surface area (Å²) in [6, 6.07) is 0. The van der Waals surface area contributed by atoms with Crippen LogP contribution in [0.25, 0.3) is 0 Å². The summed E-state index contributed by atoms with van der Waals surface area (Å²) >= 11 is 8.05. The van der Waals surface area contributed by atoms with Crippen LogP contribution in [0, 0.1) is 0 Å². The van der Waals surface area contributed by atoms with Gasteiger partial charge < -0.3 is 10.2 Å². The number of aliphatic hydroxyl groups is 2. The number of aliphatic hydroxyl groups excluding tert-OH is 2. The van der Waals surface area contributed by atoms with Crippen LogP contribution in [0.2, 0.25) is 0 Å². The molecule has 0 aromatic heterocycles. The topological polar surface area (TPSA) is 40.5 Å². The smallest absolute Gasteiger partial charge is 0.0897 e. The lowest BCUT2D eigenvalue weighted by molar-refractivity contribution is 0.0939. The van der Waals surface area contributed by atoms with Gasteiger partial charge in [0.1, 0.15) is 0 Å². The molecule has 0 aromatic rings. The maximum absolute atomic E-state index is 8.92. The van der Waals surface area contributed by atoms with Gasteiger partial charge >= 0.3 is 0 Å². The molecule has 0 saturated heterocycles. The van der Waals surface area contributed by atoms with Crippen molar-refractivity contribution in [2.45, 2.75) is 23.5 Å². The van der Waals surface area contributed by atoms with Gasteiger partial charge in [-0.25, -0.2) is 0 Å². The molecule has 9 heavy (non-hydrogen) atoms. The summed E-state index contributed by atoms with van der Waals surface area (Å²) in [6.45, 7) is 1.57. The standard InChI is InChI=1S/C5H12O2S2/c1-3(8)5(9)4(7)2-6/h3-9H,2H2,1H3/t3?,4-,5-/m1/s1. The first-order valence-corrected chi connectivity index (χ1v) is 3.78. The van der Waals surface area contributed by atoms with Crippen LogP contribution in [0.5, 0.6) is 0 Å². The van der Waals surface area contributed by atoms with Crippen LogP contribution in [-0.2, 0) is 0 Å². The first-order chi connectivity index (χ1) is 4.09. The van der Waals surface area contributed by atoms with Crippen molar-refractivity contribution >= 4 is 25.3 Å². The summed E-state index contributed by atoms with van der Waals surface area (Å²) in [4.78, 5) is 0. The molecule has 0 saturated carbocycles. The first kappa shape index (κ1) is 9.62. The summed E-state index contributed by atoms with van der Waals surface area (Å²) < 4.78 is 0. The molecular weight excluding hydrogens is 156 g/mol. The Morgan fingerprint density at radius 3 is 2.00 bits per heavy atom. The zero-order valence-corrected chi connectivity index (χ0v) is 7.02. The summed E-state index contributed by atoms with van der Waals surface area (Å²) in [5.41, 5.74) is 0. The van der Waals surface area contributed by atoms with E-state index in [2.05, 4.69) is 25.3 Å². The van der Waals surface area contributed by atoms with Crippen LogP contribution in [0.15, 0.2) is 0 Å². The number of rotatable bonds is 3. The minimum absolute atomic E-state index is 0.00418. The van der Waals surface area contributed by atoms with E-state index >= 15 is 0 Å². The van der Waals surface area contributed by atoms with E-state index in [-0.39, 0.29) is 17.1 Å². The second-order valence-corrected chi connectivity index (χ2v) is 3.39. The Bertz CT molecular complexity index is 77.4. The highest BCUT2D eigenvalue weighted by Gasteiger charge is 2.17. The molecule has 0 bridgehead atoms. The molecule has 0 rings (SSSR count). The summed E-state index contributed by atoms with van der Waals surface area (Å²) in [5, 5.41) is 17.1. The number of hydrogen-bond donors (Lipinski definition) is 4. The highest BCUT2D eigenvalue weighted by molar-refractivity contribution is 7.85. The molecule has 0 fully saturated rings. The van der Waals surface area contributed by atoms with Crippen molar-refractivity contribution in [1.82, 2.24) is 0 Å². The average molecular weight is 168 g/mol. The molecule has 4 heteroatoms. The lowest BCUT2D eigenvalue weighted by Gasteiger charge is -2.18. The molecule has 0 aliphatic carbocycles. The molecule has 56 valence electrons. The Hall–Kier alpha value is 0.620. The van der Waals surface area contributed by atoms with Crippen molar-refractivity contribution in [3.63, 3.8) is 0 Å². The van der Waals surface area contributed by atoms with Crippen molar-refractivity contribution in [1.29, 1.82) is 0 Å². The van der Waals surface area contributed by atoms with Gasteiger partial charge in [-0.2, -0.15) is 25.3 Å². The van der Waals surface area contributed by atoms with Crippen LogP contribution >= 0.6 is 25.3 Å². The van der Waals surface area contributed by atoms with Gasteiger partial charge in [0, 0.05) is 10.5 Å². The Balaban J connectivity index is 3.58. The van der Waals surface area contributed by atoms with Crippen LogP contribution in [0.4, 0.5) is 0 Å². The summed E-state index contributed by atoms with van der Waals surface area (Å²) in [6.07, 6.45) is -0.763. The Morgan fingerprint density at radius 1 is 1.44 bits per heavy atom. The van der Waals surface area contributed by atoms with Gasteiger partial charge in [0.15, 0.2) is 0 Å². The molecule has 1 unspecified atom stereocenters. The minimum Gasteiger partial charge on any atom is -0.394 e. The van der Waals surface area contributed by atoms with E-state index in [0.717, 1.165) is 0 Å². The minimum atomic E-state index is -0.763. The molecule has 0 aromatic carbocycles. The van der Waals surface area contributed by atoms with Gasteiger partial charge in [-0.15, -0.1) is 0 Å². The molecular formula is C5H12O2S2. The average Bonchev–Trinajstić information content (AvgIpc) is 1.84.